The molecule has 0 bridgehead atoms. The van der Waals surface area contributed by atoms with E-state index in [0.717, 1.165) is 0 Å². The summed E-state index contributed by atoms with van der Waals surface area (Å²) in [6, 6.07) is 6.46. The maximum Gasteiger partial charge on any atom is 0.256 e. The molecule has 96 valence electrons. The highest BCUT2D eigenvalue weighted by atomic mass is 35.5. The minimum atomic E-state index is 0.260. The van der Waals surface area contributed by atoms with Crippen LogP contribution >= 0.6 is 34.8 Å². The van der Waals surface area contributed by atoms with Crippen LogP contribution in [-0.2, 0) is 0 Å². The first-order valence-corrected chi connectivity index (χ1v) is 6.26. The van der Waals surface area contributed by atoms with Gasteiger partial charge in [-0.2, -0.15) is 19.6 Å². The third-order valence-corrected chi connectivity index (χ3v) is 3.23. The van der Waals surface area contributed by atoms with Crippen LogP contribution in [0.25, 0.3) is 5.78 Å². The molecule has 0 atom stereocenters. The second kappa shape index (κ2) is 4.85. The number of aromatic nitrogens is 4. The van der Waals surface area contributed by atoms with Crippen LogP contribution < -0.4 is 4.74 Å². The third-order valence-electron chi connectivity index (χ3n) is 2.30. The third kappa shape index (κ3) is 2.45. The van der Waals surface area contributed by atoms with Crippen molar-refractivity contribution in [3.8, 4) is 11.6 Å². The van der Waals surface area contributed by atoms with Gasteiger partial charge >= 0.3 is 0 Å². The van der Waals surface area contributed by atoms with Gasteiger partial charge in [-0.3, -0.25) is 0 Å². The van der Waals surface area contributed by atoms with E-state index in [9.17, 15) is 0 Å². The zero-order chi connectivity index (χ0) is 13.4. The predicted octanol–water partition coefficient (Wildman–Crippen LogP) is 3.88. The number of rotatable bonds is 2. The van der Waals surface area contributed by atoms with Gasteiger partial charge in [-0.1, -0.05) is 34.8 Å². The molecule has 0 radical (unpaired) electrons. The van der Waals surface area contributed by atoms with Crippen LogP contribution in [0.1, 0.15) is 0 Å². The molecule has 3 aromatic rings. The number of halogens is 3. The lowest BCUT2D eigenvalue weighted by Gasteiger charge is -2.07. The van der Waals surface area contributed by atoms with E-state index in [1.54, 1.807) is 18.2 Å². The smallest absolute Gasteiger partial charge is 0.256 e. The van der Waals surface area contributed by atoms with Crippen LogP contribution in [0.5, 0.6) is 11.6 Å². The Labute approximate surface area is 122 Å². The Hall–Kier alpha value is -1.56. The molecule has 19 heavy (non-hydrogen) atoms. The van der Waals surface area contributed by atoms with Crippen molar-refractivity contribution < 1.29 is 4.74 Å². The van der Waals surface area contributed by atoms with Gasteiger partial charge in [0.25, 0.3) is 5.78 Å². The molecule has 0 spiro atoms. The van der Waals surface area contributed by atoms with Gasteiger partial charge < -0.3 is 4.74 Å². The Balaban J connectivity index is 2.04. The summed E-state index contributed by atoms with van der Waals surface area (Å²) in [5.41, 5.74) is 0. The normalized spacial score (nSPS) is 10.9. The Morgan fingerprint density at radius 3 is 2.68 bits per heavy atom. The summed E-state index contributed by atoms with van der Waals surface area (Å²) in [7, 11) is 0. The highest BCUT2D eigenvalue weighted by Gasteiger charge is 2.09. The second-order valence-electron chi connectivity index (χ2n) is 3.57. The summed E-state index contributed by atoms with van der Waals surface area (Å²) in [6.07, 6.45) is 1.36. The minimum Gasteiger partial charge on any atom is -0.439 e. The number of hydrogen-bond donors (Lipinski definition) is 0. The van der Waals surface area contributed by atoms with Crippen LogP contribution in [0.3, 0.4) is 0 Å². The first kappa shape index (κ1) is 12.5. The van der Waals surface area contributed by atoms with E-state index in [4.69, 9.17) is 39.5 Å². The molecule has 0 amide bonds. The minimum absolute atomic E-state index is 0.260. The molecule has 3 rings (SSSR count). The second-order valence-corrected chi connectivity index (χ2v) is 4.77. The molecule has 5 nitrogen and oxygen atoms in total. The highest BCUT2D eigenvalue weighted by molar-refractivity contribution is 6.42. The van der Waals surface area contributed by atoms with Crippen molar-refractivity contribution in [2.45, 2.75) is 0 Å². The average Bonchev–Trinajstić information content (AvgIpc) is 2.82. The topological polar surface area (TPSA) is 52.3 Å². The lowest BCUT2D eigenvalue weighted by molar-refractivity contribution is 0.446. The summed E-state index contributed by atoms with van der Waals surface area (Å²) >= 11 is 17.6. The highest BCUT2D eigenvalue weighted by Crippen LogP contribution is 2.29. The van der Waals surface area contributed by atoms with Crippen molar-refractivity contribution in [3.05, 3.63) is 45.8 Å². The van der Waals surface area contributed by atoms with Crippen LogP contribution in [0.2, 0.25) is 15.2 Å². The largest absolute Gasteiger partial charge is 0.439 e. The first-order valence-electron chi connectivity index (χ1n) is 5.13. The van der Waals surface area contributed by atoms with Crippen molar-refractivity contribution in [1.82, 2.24) is 19.6 Å². The van der Waals surface area contributed by atoms with E-state index < -0.39 is 0 Å². The van der Waals surface area contributed by atoms with Crippen molar-refractivity contribution >= 4 is 40.6 Å². The van der Waals surface area contributed by atoms with E-state index >= 15 is 0 Å². The van der Waals surface area contributed by atoms with Crippen LogP contribution in [0.4, 0.5) is 0 Å². The number of fused-ring (bicyclic) bond motifs is 1. The molecule has 0 fully saturated rings. The Morgan fingerprint density at radius 1 is 1.05 bits per heavy atom. The number of nitrogens with zero attached hydrogens (tertiary/aromatic N) is 4. The lowest BCUT2D eigenvalue weighted by atomic mass is 10.3. The van der Waals surface area contributed by atoms with Crippen LogP contribution in [0, 0.1) is 0 Å². The van der Waals surface area contributed by atoms with E-state index in [-0.39, 0.29) is 5.15 Å². The molecule has 2 aromatic heterocycles. The number of ether oxygens (including phenoxy) is 1. The van der Waals surface area contributed by atoms with Crippen molar-refractivity contribution in [2.75, 3.05) is 0 Å². The fourth-order valence-electron chi connectivity index (χ4n) is 1.49. The number of hydrogen-bond acceptors (Lipinski definition) is 4. The molecule has 0 unspecified atom stereocenters. The quantitative estimate of drug-likeness (QED) is 0.673. The van der Waals surface area contributed by atoms with Crippen molar-refractivity contribution in [2.24, 2.45) is 0 Å². The summed E-state index contributed by atoms with van der Waals surface area (Å²) in [5, 5.41) is 5.10. The van der Waals surface area contributed by atoms with Gasteiger partial charge in [-0.15, -0.1) is 0 Å². The molecular formula is C11H5Cl3N4O. The maximum atomic E-state index is 5.92. The van der Waals surface area contributed by atoms with Gasteiger partial charge in [-0.05, 0) is 12.1 Å². The Morgan fingerprint density at radius 2 is 1.89 bits per heavy atom. The lowest BCUT2D eigenvalue weighted by Crippen LogP contribution is -1.97. The van der Waals surface area contributed by atoms with Gasteiger partial charge in [0.05, 0.1) is 10.0 Å². The zero-order valence-electron chi connectivity index (χ0n) is 9.22. The van der Waals surface area contributed by atoms with E-state index in [1.807, 2.05) is 0 Å². The van der Waals surface area contributed by atoms with Gasteiger partial charge in [0.15, 0.2) is 0 Å². The monoisotopic (exact) mass is 314 g/mol. The van der Waals surface area contributed by atoms with E-state index in [2.05, 4.69) is 15.1 Å². The van der Waals surface area contributed by atoms with E-state index in [0.29, 0.717) is 27.5 Å². The molecule has 0 saturated heterocycles. The standard InChI is InChI=1S/C11H5Cl3N4O/c12-7-2-1-6(3-8(7)13)19-10-4-9(14)17-11-15-5-16-18(10)11/h1-5H. The molecule has 2 heterocycles. The van der Waals surface area contributed by atoms with Gasteiger partial charge in [0, 0.05) is 12.1 Å². The molecule has 0 saturated carbocycles. The predicted molar refractivity (Wildman–Crippen MR) is 72.3 cm³/mol. The summed E-state index contributed by atoms with van der Waals surface area (Å²) in [6.45, 7) is 0. The molecule has 0 aliphatic heterocycles. The average molecular weight is 316 g/mol. The summed E-state index contributed by atoms with van der Waals surface area (Å²) in [4.78, 5) is 7.94. The molecule has 1 aromatic carbocycles. The summed E-state index contributed by atoms with van der Waals surface area (Å²) < 4.78 is 7.08. The van der Waals surface area contributed by atoms with E-state index in [1.165, 1.54) is 16.9 Å². The number of benzene rings is 1. The Kier molecular flexibility index (Phi) is 3.18. The molecule has 0 aliphatic rings. The Bertz CT molecular complexity index is 759. The maximum absolute atomic E-state index is 5.92. The van der Waals surface area contributed by atoms with Gasteiger partial charge in [0.2, 0.25) is 5.88 Å². The fraction of sp³-hybridized carbons (Fsp3) is 0. The molecule has 8 heteroatoms. The van der Waals surface area contributed by atoms with Crippen LogP contribution in [0.15, 0.2) is 30.6 Å². The van der Waals surface area contributed by atoms with Crippen molar-refractivity contribution in [1.29, 1.82) is 0 Å². The van der Waals surface area contributed by atoms with Crippen molar-refractivity contribution in [3.63, 3.8) is 0 Å². The van der Waals surface area contributed by atoms with Gasteiger partial charge in [0.1, 0.15) is 17.2 Å². The van der Waals surface area contributed by atoms with Crippen LogP contribution in [-0.4, -0.2) is 19.6 Å². The zero-order valence-corrected chi connectivity index (χ0v) is 11.5. The fourth-order valence-corrected chi connectivity index (χ4v) is 1.95. The molecule has 0 N–H and O–H groups in total. The van der Waals surface area contributed by atoms with Gasteiger partial charge in [-0.25, -0.2) is 0 Å². The first-order chi connectivity index (χ1) is 9.13. The summed E-state index contributed by atoms with van der Waals surface area (Å²) in [5.74, 6) is 1.24. The molecular weight excluding hydrogens is 311 g/mol. The molecule has 0 aliphatic carbocycles. The SMILES string of the molecule is Clc1cc(Oc2ccc(Cl)c(Cl)c2)n2ncnc2n1.